The second-order valence-electron chi connectivity index (χ2n) is 7.28. The minimum absolute atomic E-state index is 0.0815. The summed E-state index contributed by atoms with van der Waals surface area (Å²) in [6.07, 6.45) is 0.644. The van der Waals surface area contributed by atoms with E-state index in [1.165, 1.54) is 0 Å². The van der Waals surface area contributed by atoms with Gasteiger partial charge < -0.3 is 14.8 Å². The molecular formula is C25H27NO4. The number of dihydropyridines is 1. The van der Waals surface area contributed by atoms with Crippen molar-refractivity contribution >= 4 is 11.6 Å². The summed E-state index contributed by atoms with van der Waals surface area (Å²) in [7, 11) is 3.18. The maximum absolute atomic E-state index is 13.4. The summed E-state index contributed by atoms with van der Waals surface area (Å²) < 4.78 is 10.4. The molecule has 0 aliphatic carbocycles. The molecule has 0 aromatic heterocycles. The number of hydrogen-bond donors (Lipinski definition) is 1. The van der Waals surface area contributed by atoms with Gasteiger partial charge in [0, 0.05) is 39.6 Å². The van der Waals surface area contributed by atoms with Crippen LogP contribution in [0.5, 0.6) is 11.5 Å². The number of methoxy groups -OCH3 is 2. The first kappa shape index (κ1) is 21.4. The lowest BCUT2D eigenvalue weighted by Gasteiger charge is -2.30. The Kier molecular flexibility index (Phi) is 6.40. The highest BCUT2D eigenvalue weighted by molar-refractivity contribution is 6.15. The van der Waals surface area contributed by atoms with Crippen LogP contribution in [0, 0.1) is 5.92 Å². The summed E-state index contributed by atoms with van der Waals surface area (Å²) in [6, 6.07) is 14.1. The lowest BCUT2D eigenvalue weighted by molar-refractivity contribution is 0.100. The van der Waals surface area contributed by atoms with E-state index in [0.717, 1.165) is 11.4 Å². The number of hydrogen-bond acceptors (Lipinski definition) is 5. The lowest BCUT2D eigenvalue weighted by Crippen LogP contribution is -2.32. The third-order valence-corrected chi connectivity index (χ3v) is 5.48. The van der Waals surface area contributed by atoms with Gasteiger partial charge in [-0.05, 0) is 68.8 Å². The van der Waals surface area contributed by atoms with Gasteiger partial charge in [0.25, 0.3) is 0 Å². The minimum atomic E-state index is -0.282. The number of ketones is 2. The fraction of sp³-hybridized carbons (Fsp3) is 0.280. The number of allylic oxidation sites excluding steroid dienone is 4. The topological polar surface area (TPSA) is 64.6 Å². The molecule has 5 heteroatoms. The van der Waals surface area contributed by atoms with Crippen LogP contribution in [0.15, 0.2) is 71.1 Å². The Morgan fingerprint density at radius 3 is 1.43 bits per heavy atom. The van der Waals surface area contributed by atoms with Gasteiger partial charge in [-0.15, -0.1) is 0 Å². The van der Waals surface area contributed by atoms with Crippen molar-refractivity contribution in [3.63, 3.8) is 0 Å². The molecule has 1 aliphatic heterocycles. The maximum atomic E-state index is 13.4. The van der Waals surface area contributed by atoms with Crippen LogP contribution in [0.3, 0.4) is 0 Å². The predicted molar refractivity (Wildman–Crippen MR) is 117 cm³/mol. The number of carbonyl (C=O) groups is 2. The first-order valence-electron chi connectivity index (χ1n) is 9.97. The maximum Gasteiger partial charge on any atom is 0.191 e. The molecule has 0 unspecified atom stereocenters. The Labute approximate surface area is 177 Å². The quantitative estimate of drug-likeness (QED) is 0.661. The molecule has 1 heterocycles. The summed E-state index contributed by atoms with van der Waals surface area (Å²) in [5, 5.41) is 3.26. The number of nitrogens with one attached hydrogen (secondary N) is 1. The standard InChI is InChI=1S/C25H27NO4/c1-6-21-22(24(27)17-7-11-19(29-4)12-8-17)15(2)26-16(3)23(21)25(28)18-9-13-20(30-5)14-10-18/h7-14,21,26H,6H2,1-5H3. The van der Waals surface area contributed by atoms with Crippen LogP contribution in [-0.4, -0.2) is 25.8 Å². The Morgan fingerprint density at radius 2 is 1.13 bits per heavy atom. The van der Waals surface area contributed by atoms with Crippen molar-refractivity contribution in [3.8, 4) is 11.5 Å². The van der Waals surface area contributed by atoms with Crippen LogP contribution in [0.1, 0.15) is 47.9 Å². The zero-order chi connectivity index (χ0) is 21.8. The molecule has 156 valence electrons. The molecule has 0 saturated carbocycles. The molecule has 1 N–H and O–H groups in total. The molecule has 0 bridgehead atoms. The molecule has 0 radical (unpaired) electrons. The van der Waals surface area contributed by atoms with Crippen molar-refractivity contribution < 1.29 is 19.1 Å². The Morgan fingerprint density at radius 1 is 0.767 bits per heavy atom. The Balaban J connectivity index is 1.98. The van der Waals surface area contributed by atoms with Crippen molar-refractivity contribution in [3.05, 3.63) is 82.2 Å². The number of benzene rings is 2. The van der Waals surface area contributed by atoms with E-state index in [-0.39, 0.29) is 17.5 Å². The second kappa shape index (κ2) is 8.99. The zero-order valence-corrected chi connectivity index (χ0v) is 18.0. The molecule has 3 rings (SSSR count). The fourth-order valence-corrected chi connectivity index (χ4v) is 3.94. The zero-order valence-electron chi connectivity index (χ0n) is 18.0. The van der Waals surface area contributed by atoms with Crippen LogP contribution < -0.4 is 14.8 Å². The van der Waals surface area contributed by atoms with Gasteiger partial charge in [0.15, 0.2) is 11.6 Å². The molecule has 1 aliphatic rings. The van der Waals surface area contributed by atoms with E-state index < -0.39 is 0 Å². The molecule has 0 atom stereocenters. The minimum Gasteiger partial charge on any atom is -0.497 e. The third-order valence-electron chi connectivity index (χ3n) is 5.48. The monoisotopic (exact) mass is 405 g/mol. The Bertz CT molecular complexity index is 933. The van der Waals surface area contributed by atoms with Crippen LogP contribution in [0.2, 0.25) is 0 Å². The van der Waals surface area contributed by atoms with Gasteiger partial charge in [-0.1, -0.05) is 6.92 Å². The van der Waals surface area contributed by atoms with E-state index in [1.807, 2.05) is 20.8 Å². The van der Waals surface area contributed by atoms with Crippen molar-refractivity contribution in [1.82, 2.24) is 5.32 Å². The third kappa shape index (κ3) is 4.01. The van der Waals surface area contributed by atoms with E-state index in [9.17, 15) is 9.59 Å². The summed E-state index contributed by atoms with van der Waals surface area (Å²) >= 11 is 0. The SMILES string of the molecule is CCC1C(C(=O)c2ccc(OC)cc2)=C(C)NC(C)=C1C(=O)c1ccc(OC)cc1. The number of carbonyl (C=O) groups excluding carboxylic acids is 2. The molecule has 2 aromatic rings. The van der Waals surface area contributed by atoms with Gasteiger partial charge in [-0.2, -0.15) is 0 Å². The molecule has 5 nitrogen and oxygen atoms in total. The second-order valence-corrected chi connectivity index (χ2v) is 7.28. The molecule has 0 amide bonds. The first-order chi connectivity index (χ1) is 14.4. The Hall–Kier alpha value is -3.34. The van der Waals surface area contributed by atoms with E-state index in [0.29, 0.717) is 40.2 Å². The largest absolute Gasteiger partial charge is 0.497 e. The molecule has 2 aromatic carbocycles. The average Bonchev–Trinajstić information content (AvgIpc) is 2.77. The van der Waals surface area contributed by atoms with Gasteiger partial charge in [-0.3, -0.25) is 9.59 Å². The molecule has 0 spiro atoms. The van der Waals surface area contributed by atoms with Crippen LogP contribution in [-0.2, 0) is 0 Å². The highest BCUT2D eigenvalue weighted by Crippen LogP contribution is 2.36. The highest BCUT2D eigenvalue weighted by atomic mass is 16.5. The van der Waals surface area contributed by atoms with Gasteiger partial charge in [-0.25, -0.2) is 0 Å². The van der Waals surface area contributed by atoms with Crippen LogP contribution in [0.4, 0.5) is 0 Å². The van der Waals surface area contributed by atoms with Gasteiger partial charge in [0.1, 0.15) is 11.5 Å². The fourth-order valence-electron chi connectivity index (χ4n) is 3.94. The van der Waals surface area contributed by atoms with Gasteiger partial charge in [0.2, 0.25) is 0 Å². The van der Waals surface area contributed by atoms with Crippen molar-refractivity contribution in [1.29, 1.82) is 0 Å². The van der Waals surface area contributed by atoms with E-state index in [1.54, 1.807) is 62.8 Å². The molecule has 0 fully saturated rings. The number of rotatable bonds is 7. The molecule has 0 saturated heterocycles. The van der Waals surface area contributed by atoms with E-state index in [2.05, 4.69) is 5.32 Å². The first-order valence-corrected chi connectivity index (χ1v) is 9.97. The van der Waals surface area contributed by atoms with E-state index in [4.69, 9.17) is 9.47 Å². The average molecular weight is 405 g/mol. The number of Topliss-reactive ketones (excluding diaryl/α,β-unsaturated/α-hetero) is 2. The predicted octanol–water partition coefficient (Wildman–Crippen LogP) is 4.95. The molecule has 30 heavy (non-hydrogen) atoms. The number of ether oxygens (including phenoxy) is 2. The van der Waals surface area contributed by atoms with Gasteiger partial charge in [0.05, 0.1) is 14.2 Å². The molecular weight excluding hydrogens is 378 g/mol. The van der Waals surface area contributed by atoms with Crippen molar-refractivity contribution in [2.45, 2.75) is 27.2 Å². The normalized spacial score (nSPS) is 14.4. The van der Waals surface area contributed by atoms with Crippen molar-refractivity contribution in [2.75, 3.05) is 14.2 Å². The summed E-state index contributed by atoms with van der Waals surface area (Å²) in [4.78, 5) is 26.8. The smallest absolute Gasteiger partial charge is 0.191 e. The highest BCUT2D eigenvalue weighted by Gasteiger charge is 2.34. The summed E-state index contributed by atoms with van der Waals surface area (Å²) in [6.45, 7) is 5.77. The van der Waals surface area contributed by atoms with E-state index >= 15 is 0 Å². The lowest BCUT2D eigenvalue weighted by atomic mass is 9.77. The van der Waals surface area contributed by atoms with Crippen LogP contribution in [0.25, 0.3) is 0 Å². The van der Waals surface area contributed by atoms with Crippen LogP contribution >= 0.6 is 0 Å². The van der Waals surface area contributed by atoms with Crippen molar-refractivity contribution in [2.24, 2.45) is 5.92 Å². The summed E-state index contributed by atoms with van der Waals surface area (Å²) in [5.74, 6) is 0.939. The van der Waals surface area contributed by atoms with Gasteiger partial charge >= 0.3 is 0 Å². The summed E-state index contributed by atoms with van der Waals surface area (Å²) in [5.41, 5.74) is 3.97.